The van der Waals surface area contributed by atoms with Gasteiger partial charge in [0.05, 0.1) is 0 Å². The van der Waals surface area contributed by atoms with Gasteiger partial charge in [0.25, 0.3) is 0 Å². The molecule has 14 heavy (non-hydrogen) atoms. The minimum Gasteiger partial charge on any atom is -0.316 e. The van der Waals surface area contributed by atoms with Crippen LogP contribution < -0.4 is 5.32 Å². The van der Waals surface area contributed by atoms with E-state index < -0.39 is 0 Å². The summed E-state index contributed by atoms with van der Waals surface area (Å²) in [7, 11) is 0. The van der Waals surface area contributed by atoms with Crippen LogP contribution in [0.4, 0.5) is 0 Å². The molecule has 1 fully saturated rings. The zero-order chi connectivity index (χ0) is 10.1. The van der Waals surface area contributed by atoms with Crippen LogP contribution in [0, 0.1) is 11.8 Å². The summed E-state index contributed by atoms with van der Waals surface area (Å²) < 4.78 is 0. The van der Waals surface area contributed by atoms with Crippen molar-refractivity contribution >= 4 is 0 Å². The predicted octanol–water partition coefficient (Wildman–Crippen LogP) is 1.48. The molecule has 0 aromatic heterocycles. The molecule has 0 amide bonds. The highest BCUT2D eigenvalue weighted by Crippen LogP contribution is 2.06. The Morgan fingerprint density at radius 3 is 2.71 bits per heavy atom. The standard InChI is InChI=1S/C12H22N2/c1-2-3-4-8-13-9-7-12-14-10-5-6-11-14/h13H,4-12H2,1H3. The molecular weight excluding hydrogens is 172 g/mol. The van der Waals surface area contributed by atoms with E-state index in [1.165, 1.54) is 38.9 Å². The van der Waals surface area contributed by atoms with Gasteiger partial charge in [-0.1, -0.05) is 0 Å². The van der Waals surface area contributed by atoms with Crippen molar-refractivity contribution in [2.24, 2.45) is 0 Å². The Morgan fingerprint density at radius 1 is 1.21 bits per heavy atom. The highest BCUT2D eigenvalue weighted by atomic mass is 15.1. The third-order valence-electron chi connectivity index (χ3n) is 2.63. The monoisotopic (exact) mass is 194 g/mol. The molecule has 0 saturated carbocycles. The van der Waals surface area contributed by atoms with Gasteiger partial charge in [-0.25, -0.2) is 0 Å². The van der Waals surface area contributed by atoms with Gasteiger partial charge in [0.15, 0.2) is 0 Å². The normalized spacial score (nSPS) is 16.6. The topological polar surface area (TPSA) is 15.3 Å². The number of rotatable bonds is 6. The van der Waals surface area contributed by atoms with Crippen LogP contribution in [0.5, 0.6) is 0 Å². The zero-order valence-electron chi connectivity index (χ0n) is 9.31. The number of hydrogen-bond acceptors (Lipinski definition) is 2. The molecule has 1 aliphatic heterocycles. The molecule has 0 unspecified atom stereocenters. The van der Waals surface area contributed by atoms with Gasteiger partial charge in [-0.05, 0) is 52.4 Å². The Morgan fingerprint density at radius 2 is 2.00 bits per heavy atom. The zero-order valence-corrected chi connectivity index (χ0v) is 9.31. The van der Waals surface area contributed by atoms with Gasteiger partial charge in [0, 0.05) is 13.0 Å². The molecular formula is C12H22N2. The fraction of sp³-hybridized carbons (Fsp3) is 0.833. The van der Waals surface area contributed by atoms with E-state index >= 15 is 0 Å². The van der Waals surface area contributed by atoms with Crippen molar-refractivity contribution in [3.8, 4) is 11.8 Å². The lowest BCUT2D eigenvalue weighted by atomic mass is 10.3. The molecule has 1 heterocycles. The van der Waals surface area contributed by atoms with Gasteiger partial charge in [-0.15, -0.1) is 11.8 Å². The highest BCUT2D eigenvalue weighted by molar-refractivity contribution is 4.95. The van der Waals surface area contributed by atoms with Crippen LogP contribution in [0.1, 0.15) is 32.6 Å². The number of likely N-dealkylation sites (tertiary alicyclic amines) is 1. The van der Waals surface area contributed by atoms with Gasteiger partial charge in [0.1, 0.15) is 0 Å². The Balaban J connectivity index is 1.81. The first-order valence-electron chi connectivity index (χ1n) is 5.76. The average molecular weight is 194 g/mol. The summed E-state index contributed by atoms with van der Waals surface area (Å²) >= 11 is 0. The SMILES string of the molecule is CC#CCCNCCCN1CCCC1. The highest BCUT2D eigenvalue weighted by Gasteiger charge is 2.09. The summed E-state index contributed by atoms with van der Waals surface area (Å²) in [5, 5.41) is 3.41. The Labute approximate surface area is 88.1 Å². The molecule has 0 aliphatic carbocycles. The van der Waals surface area contributed by atoms with E-state index in [2.05, 4.69) is 22.1 Å². The minimum absolute atomic E-state index is 0.986. The molecule has 1 saturated heterocycles. The molecule has 1 aliphatic rings. The Hall–Kier alpha value is -0.520. The first-order valence-corrected chi connectivity index (χ1v) is 5.76. The molecule has 0 bridgehead atoms. The summed E-state index contributed by atoms with van der Waals surface area (Å²) in [4.78, 5) is 2.56. The first kappa shape index (κ1) is 11.6. The molecule has 2 nitrogen and oxygen atoms in total. The summed E-state index contributed by atoms with van der Waals surface area (Å²) in [5.74, 6) is 5.96. The minimum atomic E-state index is 0.986. The van der Waals surface area contributed by atoms with Crippen LogP contribution in [-0.4, -0.2) is 37.6 Å². The third kappa shape index (κ3) is 5.26. The van der Waals surface area contributed by atoms with Crippen LogP contribution in [0.15, 0.2) is 0 Å². The van der Waals surface area contributed by atoms with Gasteiger partial charge >= 0.3 is 0 Å². The smallest absolute Gasteiger partial charge is 0.0214 e. The van der Waals surface area contributed by atoms with E-state index in [-0.39, 0.29) is 0 Å². The summed E-state index contributed by atoms with van der Waals surface area (Å²) in [6, 6.07) is 0. The molecule has 0 aromatic carbocycles. The van der Waals surface area contributed by atoms with E-state index in [1.807, 2.05) is 6.92 Å². The Bertz CT molecular complexity index is 184. The van der Waals surface area contributed by atoms with Gasteiger partial charge in [0.2, 0.25) is 0 Å². The largest absolute Gasteiger partial charge is 0.316 e. The lowest BCUT2D eigenvalue weighted by Gasteiger charge is -2.13. The van der Waals surface area contributed by atoms with Crippen molar-refractivity contribution in [2.75, 3.05) is 32.7 Å². The van der Waals surface area contributed by atoms with Crippen molar-refractivity contribution in [1.29, 1.82) is 0 Å². The average Bonchev–Trinajstić information content (AvgIpc) is 2.69. The van der Waals surface area contributed by atoms with E-state index in [4.69, 9.17) is 0 Å². The first-order chi connectivity index (χ1) is 6.93. The van der Waals surface area contributed by atoms with E-state index in [0.717, 1.165) is 19.5 Å². The fourth-order valence-corrected chi connectivity index (χ4v) is 1.83. The molecule has 1 rings (SSSR count). The lowest BCUT2D eigenvalue weighted by Crippen LogP contribution is -2.25. The van der Waals surface area contributed by atoms with Crippen molar-refractivity contribution in [1.82, 2.24) is 10.2 Å². The van der Waals surface area contributed by atoms with E-state index in [0.29, 0.717) is 0 Å². The van der Waals surface area contributed by atoms with Gasteiger partial charge in [-0.2, -0.15) is 0 Å². The van der Waals surface area contributed by atoms with Crippen molar-refractivity contribution in [2.45, 2.75) is 32.6 Å². The van der Waals surface area contributed by atoms with Crippen LogP contribution in [0.2, 0.25) is 0 Å². The molecule has 80 valence electrons. The molecule has 0 aromatic rings. The second-order valence-electron chi connectivity index (χ2n) is 3.83. The second-order valence-corrected chi connectivity index (χ2v) is 3.83. The van der Waals surface area contributed by atoms with Crippen LogP contribution in [0.25, 0.3) is 0 Å². The second kappa shape index (κ2) is 7.84. The third-order valence-corrected chi connectivity index (χ3v) is 2.63. The number of nitrogens with zero attached hydrogens (tertiary/aromatic N) is 1. The van der Waals surface area contributed by atoms with Crippen molar-refractivity contribution in [3.05, 3.63) is 0 Å². The van der Waals surface area contributed by atoms with Crippen LogP contribution in [-0.2, 0) is 0 Å². The fourth-order valence-electron chi connectivity index (χ4n) is 1.83. The summed E-state index contributed by atoms with van der Waals surface area (Å²) in [5.41, 5.74) is 0. The maximum absolute atomic E-state index is 3.41. The van der Waals surface area contributed by atoms with Crippen LogP contribution in [0.3, 0.4) is 0 Å². The van der Waals surface area contributed by atoms with E-state index in [1.54, 1.807) is 0 Å². The number of hydrogen-bond donors (Lipinski definition) is 1. The van der Waals surface area contributed by atoms with Crippen molar-refractivity contribution in [3.63, 3.8) is 0 Å². The lowest BCUT2D eigenvalue weighted by molar-refractivity contribution is 0.331. The maximum atomic E-state index is 3.41. The van der Waals surface area contributed by atoms with Gasteiger partial charge < -0.3 is 10.2 Å². The quantitative estimate of drug-likeness (QED) is 0.509. The van der Waals surface area contributed by atoms with Gasteiger partial charge in [-0.3, -0.25) is 0 Å². The molecule has 0 radical (unpaired) electrons. The molecule has 1 N–H and O–H groups in total. The maximum Gasteiger partial charge on any atom is 0.0214 e. The predicted molar refractivity (Wildman–Crippen MR) is 61.2 cm³/mol. The molecule has 0 atom stereocenters. The van der Waals surface area contributed by atoms with Crippen LogP contribution >= 0.6 is 0 Å². The molecule has 0 spiro atoms. The van der Waals surface area contributed by atoms with Crippen molar-refractivity contribution < 1.29 is 0 Å². The number of nitrogens with one attached hydrogen (secondary N) is 1. The summed E-state index contributed by atoms with van der Waals surface area (Å²) in [6.45, 7) is 7.99. The Kier molecular flexibility index (Phi) is 6.47. The van der Waals surface area contributed by atoms with E-state index in [9.17, 15) is 0 Å². The molecule has 2 heteroatoms. The summed E-state index contributed by atoms with van der Waals surface area (Å²) in [6.07, 6.45) is 5.07.